The third-order valence-electron chi connectivity index (χ3n) is 2.12. The first-order valence-corrected chi connectivity index (χ1v) is 5.44. The lowest BCUT2D eigenvalue weighted by atomic mass is 10.1. The van der Waals surface area contributed by atoms with Gasteiger partial charge in [-0.2, -0.15) is 0 Å². The van der Waals surface area contributed by atoms with E-state index in [0.29, 0.717) is 0 Å². The van der Waals surface area contributed by atoms with Crippen molar-refractivity contribution < 1.29 is 0 Å². The number of benzene rings is 1. The Labute approximate surface area is 82.4 Å². The standard InChI is InChI=1S/C9H17N3Si/c1-10-9(11-2)7-5-3-4-6-8(7)12-13/h3-6,9-12H,1-2,13H3. The molecule has 72 valence electrons. The van der Waals surface area contributed by atoms with Crippen LogP contribution in [-0.4, -0.2) is 24.5 Å². The van der Waals surface area contributed by atoms with Crippen molar-refractivity contribution in [2.45, 2.75) is 6.17 Å². The molecular weight excluding hydrogens is 178 g/mol. The van der Waals surface area contributed by atoms with Crippen LogP contribution in [0.3, 0.4) is 0 Å². The number of hydrogen-bond acceptors (Lipinski definition) is 3. The van der Waals surface area contributed by atoms with E-state index in [1.807, 2.05) is 20.2 Å². The highest BCUT2D eigenvalue weighted by Crippen LogP contribution is 2.19. The fourth-order valence-corrected chi connectivity index (χ4v) is 1.89. The molecule has 0 saturated heterocycles. The Bertz CT molecular complexity index is 261. The molecule has 0 aromatic heterocycles. The third kappa shape index (κ3) is 2.30. The first kappa shape index (κ1) is 10.2. The van der Waals surface area contributed by atoms with Crippen molar-refractivity contribution in [2.24, 2.45) is 0 Å². The summed E-state index contributed by atoms with van der Waals surface area (Å²) >= 11 is 0. The van der Waals surface area contributed by atoms with Gasteiger partial charge in [-0.15, -0.1) is 0 Å². The van der Waals surface area contributed by atoms with Gasteiger partial charge in [0.15, 0.2) is 0 Å². The van der Waals surface area contributed by atoms with Gasteiger partial charge in [0, 0.05) is 11.3 Å². The summed E-state index contributed by atoms with van der Waals surface area (Å²) in [6, 6.07) is 8.33. The molecule has 0 unspecified atom stereocenters. The second-order valence-electron chi connectivity index (χ2n) is 2.85. The van der Waals surface area contributed by atoms with Gasteiger partial charge in [0.25, 0.3) is 0 Å². The van der Waals surface area contributed by atoms with E-state index in [0.717, 1.165) is 10.4 Å². The van der Waals surface area contributed by atoms with Gasteiger partial charge in [0.1, 0.15) is 10.4 Å². The first-order valence-electron chi connectivity index (χ1n) is 4.44. The minimum Gasteiger partial charge on any atom is -0.418 e. The number of anilines is 1. The van der Waals surface area contributed by atoms with Crippen LogP contribution in [0.5, 0.6) is 0 Å². The van der Waals surface area contributed by atoms with E-state index in [9.17, 15) is 0 Å². The van der Waals surface area contributed by atoms with Crippen LogP contribution in [-0.2, 0) is 0 Å². The molecule has 0 heterocycles. The van der Waals surface area contributed by atoms with Crippen molar-refractivity contribution in [3.8, 4) is 0 Å². The maximum atomic E-state index is 3.30. The van der Waals surface area contributed by atoms with Crippen LogP contribution in [0.2, 0.25) is 0 Å². The molecule has 0 atom stereocenters. The highest BCUT2D eigenvalue weighted by molar-refractivity contribution is 6.16. The van der Waals surface area contributed by atoms with Crippen molar-refractivity contribution in [1.82, 2.24) is 10.6 Å². The normalized spacial score (nSPS) is 10.7. The monoisotopic (exact) mass is 195 g/mol. The van der Waals surface area contributed by atoms with Gasteiger partial charge in [-0.1, -0.05) is 18.2 Å². The molecule has 0 bridgehead atoms. The smallest absolute Gasteiger partial charge is 0.104 e. The molecule has 0 aliphatic rings. The van der Waals surface area contributed by atoms with Crippen LogP contribution in [0.15, 0.2) is 24.3 Å². The van der Waals surface area contributed by atoms with Crippen LogP contribution >= 0.6 is 0 Å². The predicted molar refractivity (Wildman–Crippen MR) is 60.9 cm³/mol. The molecule has 1 aromatic carbocycles. The Morgan fingerprint density at radius 3 is 2.31 bits per heavy atom. The molecule has 0 fully saturated rings. The second-order valence-corrected chi connectivity index (χ2v) is 3.35. The largest absolute Gasteiger partial charge is 0.418 e. The quantitative estimate of drug-likeness (QED) is 0.461. The van der Waals surface area contributed by atoms with Gasteiger partial charge in [0.05, 0.1) is 6.17 Å². The van der Waals surface area contributed by atoms with Crippen LogP contribution in [0, 0.1) is 0 Å². The average Bonchev–Trinajstić information content (AvgIpc) is 2.20. The van der Waals surface area contributed by atoms with Gasteiger partial charge in [-0.25, -0.2) is 0 Å². The van der Waals surface area contributed by atoms with Crippen LogP contribution in [0.25, 0.3) is 0 Å². The highest BCUT2D eigenvalue weighted by Gasteiger charge is 2.08. The Hall–Kier alpha value is -0.843. The van der Waals surface area contributed by atoms with Gasteiger partial charge in [-0.3, -0.25) is 0 Å². The molecule has 0 saturated carbocycles. The van der Waals surface area contributed by atoms with E-state index in [-0.39, 0.29) is 6.17 Å². The SMILES string of the molecule is CNC(NC)c1ccccc1N[SiH3]. The summed E-state index contributed by atoms with van der Waals surface area (Å²) in [5, 5.41) is 6.41. The zero-order valence-electron chi connectivity index (χ0n) is 8.39. The summed E-state index contributed by atoms with van der Waals surface area (Å²) in [5.74, 6) is 0. The summed E-state index contributed by atoms with van der Waals surface area (Å²) in [4.78, 5) is 3.30. The Morgan fingerprint density at radius 1 is 1.15 bits per heavy atom. The fourth-order valence-electron chi connectivity index (χ4n) is 1.43. The van der Waals surface area contributed by atoms with Crippen molar-refractivity contribution in [3.63, 3.8) is 0 Å². The topological polar surface area (TPSA) is 36.1 Å². The van der Waals surface area contributed by atoms with E-state index in [1.165, 1.54) is 11.3 Å². The Morgan fingerprint density at radius 2 is 1.77 bits per heavy atom. The minimum absolute atomic E-state index is 0.220. The number of rotatable bonds is 4. The summed E-state index contributed by atoms with van der Waals surface area (Å²) in [6.07, 6.45) is 0.220. The first-order chi connectivity index (χ1) is 6.33. The van der Waals surface area contributed by atoms with Crippen molar-refractivity contribution in [3.05, 3.63) is 29.8 Å². The van der Waals surface area contributed by atoms with E-state index < -0.39 is 0 Å². The van der Waals surface area contributed by atoms with Crippen molar-refractivity contribution in [2.75, 3.05) is 19.1 Å². The molecule has 13 heavy (non-hydrogen) atoms. The molecular formula is C9H17N3Si. The summed E-state index contributed by atoms with van der Waals surface area (Å²) in [7, 11) is 4.87. The van der Waals surface area contributed by atoms with Gasteiger partial charge >= 0.3 is 0 Å². The lowest BCUT2D eigenvalue weighted by molar-refractivity contribution is 0.521. The van der Waals surface area contributed by atoms with Crippen molar-refractivity contribution in [1.29, 1.82) is 0 Å². The maximum Gasteiger partial charge on any atom is 0.104 e. The average molecular weight is 195 g/mol. The maximum absolute atomic E-state index is 3.30. The van der Waals surface area contributed by atoms with Crippen molar-refractivity contribution >= 4 is 16.1 Å². The van der Waals surface area contributed by atoms with Gasteiger partial charge < -0.3 is 15.6 Å². The van der Waals surface area contributed by atoms with Crippen LogP contribution in [0.1, 0.15) is 11.7 Å². The van der Waals surface area contributed by atoms with E-state index >= 15 is 0 Å². The lowest BCUT2D eigenvalue weighted by Gasteiger charge is -2.18. The fraction of sp³-hybridized carbons (Fsp3) is 0.333. The van der Waals surface area contributed by atoms with E-state index in [2.05, 4.69) is 33.8 Å². The molecule has 0 aliphatic heterocycles. The lowest BCUT2D eigenvalue weighted by Crippen LogP contribution is -2.29. The highest BCUT2D eigenvalue weighted by atomic mass is 28.2. The molecule has 0 aliphatic carbocycles. The number of hydrogen-bond donors (Lipinski definition) is 3. The predicted octanol–water partition coefficient (Wildman–Crippen LogP) is -0.184. The number of para-hydroxylation sites is 1. The Balaban J connectivity index is 2.96. The summed E-state index contributed by atoms with van der Waals surface area (Å²) < 4.78 is 0. The second kappa shape index (κ2) is 5.01. The zero-order valence-corrected chi connectivity index (χ0v) is 10.4. The zero-order chi connectivity index (χ0) is 9.68. The van der Waals surface area contributed by atoms with E-state index in [4.69, 9.17) is 0 Å². The molecule has 3 nitrogen and oxygen atoms in total. The summed E-state index contributed by atoms with van der Waals surface area (Å²) in [6.45, 7) is 0. The Kier molecular flexibility index (Phi) is 3.95. The molecule has 3 N–H and O–H groups in total. The third-order valence-corrected chi connectivity index (χ3v) is 2.66. The van der Waals surface area contributed by atoms with Gasteiger partial charge in [0.2, 0.25) is 0 Å². The molecule has 4 heteroatoms. The molecule has 0 spiro atoms. The summed E-state index contributed by atoms with van der Waals surface area (Å²) in [5.41, 5.74) is 2.48. The van der Waals surface area contributed by atoms with Crippen LogP contribution < -0.4 is 15.6 Å². The number of nitrogens with one attached hydrogen (secondary N) is 3. The van der Waals surface area contributed by atoms with Crippen LogP contribution in [0.4, 0.5) is 5.69 Å². The minimum atomic E-state index is 0.220. The van der Waals surface area contributed by atoms with E-state index in [1.54, 1.807) is 0 Å². The molecule has 1 rings (SSSR count). The molecule has 0 amide bonds. The molecule has 1 aromatic rings. The van der Waals surface area contributed by atoms with Gasteiger partial charge in [-0.05, 0) is 20.2 Å². The molecule has 0 radical (unpaired) electrons.